The molecule has 2 aliphatic rings. The van der Waals surface area contributed by atoms with Crippen molar-refractivity contribution in [2.45, 2.75) is 29.5 Å². The van der Waals surface area contributed by atoms with Crippen LogP contribution in [0.2, 0.25) is 0 Å². The van der Waals surface area contributed by atoms with Gasteiger partial charge in [0.25, 0.3) is 5.91 Å². The van der Waals surface area contributed by atoms with Crippen LogP contribution in [0.15, 0.2) is 46.7 Å². The number of nitrogens with zero attached hydrogens (tertiary/aromatic N) is 1. The van der Waals surface area contributed by atoms with Crippen LogP contribution < -0.4 is 5.73 Å². The van der Waals surface area contributed by atoms with E-state index in [-0.39, 0.29) is 24.4 Å². The van der Waals surface area contributed by atoms with E-state index < -0.39 is 0 Å². The summed E-state index contributed by atoms with van der Waals surface area (Å²) in [7, 11) is 0. The summed E-state index contributed by atoms with van der Waals surface area (Å²) in [5.41, 5.74) is 7.05. The van der Waals surface area contributed by atoms with Crippen LogP contribution in [-0.2, 0) is 5.75 Å². The molecular formula is C19H23ClN2OS2. The topological polar surface area (TPSA) is 46.3 Å². The summed E-state index contributed by atoms with van der Waals surface area (Å²) >= 11 is 3.52. The Hall–Kier alpha value is -1.01. The van der Waals surface area contributed by atoms with Crippen LogP contribution in [0, 0.1) is 11.8 Å². The van der Waals surface area contributed by atoms with Crippen LogP contribution in [-0.4, -0.2) is 29.9 Å². The smallest absolute Gasteiger partial charge is 0.255 e. The van der Waals surface area contributed by atoms with Crippen LogP contribution in [0.25, 0.3) is 0 Å². The lowest BCUT2D eigenvalue weighted by Gasteiger charge is -2.20. The van der Waals surface area contributed by atoms with Gasteiger partial charge in [-0.3, -0.25) is 4.79 Å². The van der Waals surface area contributed by atoms with Crippen molar-refractivity contribution < 1.29 is 4.79 Å². The highest BCUT2D eigenvalue weighted by molar-refractivity contribution is 7.98. The number of thioether (sulfide) groups is 1. The first-order valence-electron chi connectivity index (χ1n) is 8.51. The number of likely N-dealkylation sites (tertiary alicyclic amines) is 1. The molecule has 1 aliphatic heterocycles. The van der Waals surface area contributed by atoms with E-state index in [1.54, 1.807) is 23.1 Å². The van der Waals surface area contributed by atoms with Gasteiger partial charge in [-0.1, -0.05) is 18.2 Å². The Balaban J connectivity index is 0.00000182. The molecule has 1 aromatic carbocycles. The van der Waals surface area contributed by atoms with Crippen molar-refractivity contribution in [1.82, 2.24) is 4.90 Å². The molecule has 1 aromatic heterocycles. The Morgan fingerprint density at radius 3 is 2.80 bits per heavy atom. The standard InChI is InChI=1S/C19H22N2OS2.ClH/c20-17-8-7-13-10-21(11-16(13)17)19(22)15-5-1-2-6-18(15)24-12-14-4-3-9-23-14;/h1-6,9,13,16-17H,7-8,10-12,20H2;1H. The second-order valence-electron chi connectivity index (χ2n) is 6.74. The van der Waals surface area contributed by atoms with Gasteiger partial charge in [0.2, 0.25) is 0 Å². The molecule has 25 heavy (non-hydrogen) atoms. The zero-order chi connectivity index (χ0) is 16.5. The summed E-state index contributed by atoms with van der Waals surface area (Å²) < 4.78 is 0. The minimum atomic E-state index is 0. The summed E-state index contributed by atoms with van der Waals surface area (Å²) in [6, 6.07) is 12.5. The van der Waals surface area contributed by atoms with E-state index >= 15 is 0 Å². The van der Waals surface area contributed by atoms with E-state index in [2.05, 4.69) is 23.6 Å². The maximum Gasteiger partial charge on any atom is 0.255 e. The van der Waals surface area contributed by atoms with Crippen molar-refractivity contribution >= 4 is 41.4 Å². The van der Waals surface area contributed by atoms with Crippen molar-refractivity contribution in [3.05, 3.63) is 52.2 Å². The number of rotatable bonds is 4. The van der Waals surface area contributed by atoms with E-state index in [1.807, 2.05) is 23.1 Å². The van der Waals surface area contributed by atoms with Gasteiger partial charge in [0, 0.05) is 34.7 Å². The maximum absolute atomic E-state index is 13.0. The van der Waals surface area contributed by atoms with Crippen molar-refractivity contribution in [3.63, 3.8) is 0 Å². The van der Waals surface area contributed by atoms with Gasteiger partial charge in [-0.15, -0.1) is 35.5 Å². The van der Waals surface area contributed by atoms with Crippen molar-refractivity contribution in [2.24, 2.45) is 17.6 Å². The Bertz CT molecular complexity index is 722. The lowest BCUT2D eigenvalue weighted by Crippen LogP contribution is -2.33. The molecule has 1 saturated heterocycles. The van der Waals surface area contributed by atoms with Crippen LogP contribution in [0.5, 0.6) is 0 Å². The van der Waals surface area contributed by atoms with Gasteiger partial charge in [-0.2, -0.15) is 0 Å². The molecule has 1 aliphatic carbocycles. The highest BCUT2D eigenvalue weighted by Crippen LogP contribution is 2.38. The van der Waals surface area contributed by atoms with Gasteiger partial charge in [-0.25, -0.2) is 0 Å². The molecule has 4 rings (SSSR count). The van der Waals surface area contributed by atoms with Gasteiger partial charge in [-0.05, 0) is 48.3 Å². The number of benzene rings is 1. The molecule has 3 unspecified atom stereocenters. The number of amides is 1. The second-order valence-corrected chi connectivity index (χ2v) is 8.79. The first kappa shape index (κ1) is 18.8. The fourth-order valence-corrected chi connectivity index (χ4v) is 5.77. The first-order chi connectivity index (χ1) is 11.7. The summed E-state index contributed by atoms with van der Waals surface area (Å²) in [5.74, 6) is 2.19. The van der Waals surface area contributed by atoms with E-state index in [4.69, 9.17) is 5.73 Å². The summed E-state index contributed by atoms with van der Waals surface area (Å²) in [6.07, 6.45) is 2.29. The molecule has 3 atom stereocenters. The van der Waals surface area contributed by atoms with Gasteiger partial charge >= 0.3 is 0 Å². The SMILES string of the molecule is Cl.NC1CCC2CN(C(=O)c3ccccc3SCc3cccs3)CC12. The third-order valence-electron chi connectivity index (χ3n) is 5.27. The first-order valence-corrected chi connectivity index (χ1v) is 10.4. The molecule has 2 N–H and O–H groups in total. The molecule has 1 amide bonds. The summed E-state index contributed by atoms with van der Waals surface area (Å²) in [6.45, 7) is 1.70. The predicted octanol–water partition coefficient (Wildman–Crippen LogP) is 4.27. The third-order valence-corrected chi connectivity index (χ3v) is 7.45. The molecule has 1 saturated carbocycles. The molecule has 3 nitrogen and oxygen atoms in total. The van der Waals surface area contributed by atoms with E-state index in [0.29, 0.717) is 11.8 Å². The maximum atomic E-state index is 13.0. The minimum absolute atomic E-state index is 0. The number of carbonyl (C=O) groups is 1. The number of hydrogen-bond donors (Lipinski definition) is 1. The van der Waals surface area contributed by atoms with E-state index in [1.165, 1.54) is 11.3 Å². The zero-order valence-corrected chi connectivity index (χ0v) is 16.4. The lowest BCUT2D eigenvalue weighted by atomic mass is 9.98. The van der Waals surface area contributed by atoms with Crippen LogP contribution in [0.4, 0.5) is 0 Å². The number of nitrogens with two attached hydrogens (primary N) is 1. The largest absolute Gasteiger partial charge is 0.338 e. The molecule has 0 spiro atoms. The van der Waals surface area contributed by atoms with E-state index in [0.717, 1.165) is 35.7 Å². The quantitative estimate of drug-likeness (QED) is 0.787. The second kappa shape index (κ2) is 8.12. The summed E-state index contributed by atoms with van der Waals surface area (Å²) in [4.78, 5) is 17.5. The number of fused-ring (bicyclic) bond motifs is 1. The molecule has 6 heteroatoms. The van der Waals surface area contributed by atoms with Gasteiger partial charge in [0.05, 0.1) is 5.56 Å². The highest BCUT2D eigenvalue weighted by atomic mass is 35.5. The highest BCUT2D eigenvalue weighted by Gasteiger charge is 2.42. The molecule has 0 bridgehead atoms. The Kier molecular flexibility index (Phi) is 6.10. The summed E-state index contributed by atoms with van der Waals surface area (Å²) in [5, 5.41) is 2.10. The van der Waals surface area contributed by atoms with Gasteiger partial charge < -0.3 is 10.6 Å². The number of halogens is 1. The molecule has 2 aromatic rings. The van der Waals surface area contributed by atoms with Crippen LogP contribution in [0.1, 0.15) is 28.1 Å². The normalized spacial score (nSPS) is 24.8. The lowest BCUT2D eigenvalue weighted by molar-refractivity contribution is 0.0776. The Labute approximate surface area is 163 Å². The van der Waals surface area contributed by atoms with Crippen LogP contribution >= 0.6 is 35.5 Å². The molecule has 2 fully saturated rings. The minimum Gasteiger partial charge on any atom is -0.338 e. The molecule has 134 valence electrons. The monoisotopic (exact) mass is 394 g/mol. The van der Waals surface area contributed by atoms with Gasteiger partial charge in [0.1, 0.15) is 0 Å². The molecule has 0 radical (unpaired) electrons. The van der Waals surface area contributed by atoms with Gasteiger partial charge in [0.15, 0.2) is 0 Å². The fourth-order valence-electron chi connectivity index (χ4n) is 3.96. The fraction of sp³-hybridized carbons (Fsp3) is 0.421. The zero-order valence-electron chi connectivity index (χ0n) is 14.0. The molecular weight excluding hydrogens is 372 g/mol. The number of thiophene rings is 1. The molecule has 2 heterocycles. The Morgan fingerprint density at radius 1 is 1.20 bits per heavy atom. The number of hydrogen-bond acceptors (Lipinski definition) is 4. The third kappa shape index (κ3) is 3.90. The van der Waals surface area contributed by atoms with Crippen molar-refractivity contribution in [2.75, 3.05) is 13.1 Å². The van der Waals surface area contributed by atoms with Crippen molar-refractivity contribution in [1.29, 1.82) is 0 Å². The van der Waals surface area contributed by atoms with Crippen molar-refractivity contribution in [3.8, 4) is 0 Å². The number of carbonyl (C=O) groups excluding carboxylic acids is 1. The average Bonchev–Trinajstić information content (AvgIpc) is 3.32. The predicted molar refractivity (Wildman–Crippen MR) is 108 cm³/mol. The average molecular weight is 395 g/mol. The van der Waals surface area contributed by atoms with Crippen LogP contribution in [0.3, 0.4) is 0 Å². The Morgan fingerprint density at radius 2 is 2.04 bits per heavy atom. The van der Waals surface area contributed by atoms with E-state index in [9.17, 15) is 4.79 Å².